The van der Waals surface area contributed by atoms with E-state index < -0.39 is 5.97 Å². The summed E-state index contributed by atoms with van der Waals surface area (Å²) in [5, 5.41) is 7.42. The van der Waals surface area contributed by atoms with Crippen LogP contribution in [0.2, 0.25) is 0 Å². The zero-order valence-corrected chi connectivity index (χ0v) is 6.92. The van der Waals surface area contributed by atoms with Crippen molar-refractivity contribution < 1.29 is 9.90 Å². The topological polar surface area (TPSA) is 37.3 Å². The van der Waals surface area contributed by atoms with Crippen molar-refractivity contribution in [1.29, 1.82) is 0 Å². The molecular formula is C8H16O2. The molecule has 0 bridgehead atoms. The maximum Gasteiger partial charge on any atom is 0.300 e. The maximum absolute atomic E-state index is 9.00. The van der Waals surface area contributed by atoms with E-state index in [4.69, 9.17) is 9.90 Å². The van der Waals surface area contributed by atoms with Crippen molar-refractivity contribution in [1.82, 2.24) is 0 Å². The molecule has 0 fully saturated rings. The standard InChI is InChI=1S/C6H12.C2H4O2/c1-3-5-6-4-2;1-2(3)4/h5-6H,3-4H2,1-2H3;1H3,(H,3,4). The van der Waals surface area contributed by atoms with E-state index in [2.05, 4.69) is 26.0 Å². The third-order valence-corrected chi connectivity index (χ3v) is 0.638. The Labute approximate surface area is 62.6 Å². The SMILES string of the molecule is CC(=O)O.CCC=CCC. The molecule has 0 aromatic carbocycles. The molecule has 2 nitrogen and oxygen atoms in total. The normalized spacial score (nSPS) is 8.70. The van der Waals surface area contributed by atoms with Crippen molar-refractivity contribution in [3.05, 3.63) is 12.2 Å². The fourth-order valence-corrected chi connectivity index (χ4v) is 0.333. The van der Waals surface area contributed by atoms with E-state index in [9.17, 15) is 0 Å². The van der Waals surface area contributed by atoms with Crippen LogP contribution in [0.25, 0.3) is 0 Å². The van der Waals surface area contributed by atoms with E-state index in [-0.39, 0.29) is 0 Å². The van der Waals surface area contributed by atoms with Gasteiger partial charge in [-0.1, -0.05) is 26.0 Å². The van der Waals surface area contributed by atoms with E-state index >= 15 is 0 Å². The zero-order valence-electron chi connectivity index (χ0n) is 6.92. The molecule has 0 aromatic heterocycles. The first-order valence-electron chi connectivity index (χ1n) is 3.49. The van der Waals surface area contributed by atoms with Crippen molar-refractivity contribution in [2.45, 2.75) is 33.6 Å². The Morgan fingerprint density at radius 1 is 1.30 bits per heavy atom. The van der Waals surface area contributed by atoms with Crippen molar-refractivity contribution in [2.24, 2.45) is 0 Å². The Kier molecular flexibility index (Phi) is 13.2. The molecule has 0 aliphatic carbocycles. The van der Waals surface area contributed by atoms with Crippen LogP contribution in [-0.2, 0) is 4.79 Å². The van der Waals surface area contributed by atoms with Crippen LogP contribution in [0.3, 0.4) is 0 Å². The highest BCUT2D eigenvalue weighted by Gasteiger charge is 1.65. The highest BCUT2D eigenvalue weighted by molar-refractivity contribution is 5.62. The minimum Gasteiger partial charge on any atom is -0.481 e. The van der Waals surface area contributed by atoms with Crippen LogP contribution in [0.5, 0.6) is 0 Å². The lowest BCUT2D eigenvalue weighted by Crippen LogP contribution is -1.78. The second-order valence-corrected chi connectivity index (χ2v) is 1.81. The van der Waals surface area contributed by atoms with Gasteiger partial charge in [-0.15, -0.1) is 0 Å². The number of hydrogen-bond donors (Lipinski definition) is 1. The molecule has 0 saturated heterocycles. The van der Waals surface area contributed by atoms with E-state index in [0.717, 1.165) is 6.92 Å². The molecule has 0 radical (unpaired) electrons. The summed E-state index contributed by atoms with van der Waals surface area (Å²) in [5.41, 5.74) is 0. The van der Waals surface area contributed by atoms with Gasteiger partial charge in [-0.25, -0.2) is 0 Å². The van der Waals surface area contributed by atoms with Gasteiger partial charge in [0.2, 0.25) is 0 Å². The molecule has 0 unspecified atom stereocenters. The van der Waals surface area contributed by atoms with Gasteiger partial charge in [0.25, 0.3) is 5.97 Å². The van der Waals surface area contributed by atoms with Gasteiger partial charge in [-0.3, -0.25) is 4.79 Å². The van der Waals surface area contributed by atoms with Gasteiger partial charge < -0.3 is 5.11 Å². The zero-order chi connectivity index (χ0) is 8.41. The third kappa shape index (κ3) is 56.9. The smallest absolute Gasteiger partial charge is 0.300 e. The summed E-state index contributed by atoms with van der Waals surface area (Å²) < 4.78 is 0. The first-order valence-corrected chi connectivity index (χ1v) is 3.49. The molecule has 1 N–H and O–H groups in total. The van der Waals surface area contributed by atoms with Gasteiger partial charge in [0.15, 0.2) is 0 Å². The average Bonchev–Trinajstić information content (AvgIpc) is 1.82. The summed E-state index contributed by atoms with van der Waals surface area (Å²) >= 11 is 0. The number of carboxylic acids is 1. The Morgan fingerprint density at radius 3 is 1.60 bits per heavy atom. The Morgan fingerprint density at radius 2 is 1.50 bits per heavy atom. The average molecular weight is 144 g/mol. The van der Waals surface area contributed by atoms with Crippen LogP contribution in [0.4, 0.5) is 0 Å². The first-order chi connectivity index (χ1) is 4.65. The van der Waals surface area contributed by atoms with Crippen LogP contribution < -0.4 is 0 Å². The molecule has 0 heterocycles. The Bertz CT molecular complexity index is 85.4. The molecule has 0 aliphatic rings. The molecule has 0 aromatic rings. The van der Waals surface area contributed by atoms with E-state index in [1.54, 1.807) is 0 Å². The van der Waals surface area contributed by atoms with Crippen LogP contribution in [-0.4, -0.2) is 11.1 Å². The minimum absolute atomic E-state index is 0.833. The Balaban J connectivity index is 0. The lowest BCUT2D eigenvalue weighted by Gasteiger charge is -1.72. The first kappa shape index (κ1) is 11.9. The second kappa shape index (κ2) is 11.1. The van der Waals surface area contributed by atoms with E-state index in [1.807, 2.05) is 0 Å². The number of aliphatic carboxylic acids is 1. The molecule has 0 amide bonds. The third-order valence-electron chi connectivity index (χ3n) is 0.638. The molecule has 0 aliphatic heterocycles. The summed E-state index contributed by atoms with van der Waals surface area (Å²) in [6, 6.07) is 0. The Hall–Kier alpha value is -0.790. The summed E-state index contributed by atoms with van der Waals surface area (Å²) in [6.07, 6.45) is 6.71. The quantitative estimate of drug-likeness (QED) is 0.604. The van der Waals surface area contributed by atoms with E-state index in [0.29, 0.717) is 0 Å². The van der Waals surface area contributed by atoms with Crippen LogP contribution in [0.15, 0.2) is 12.2 Å². The minimum atomic E-state index is -0.833. The largest absolute Gasteiger partial charge is 0.481 e. The lowest BCUT2D eigenvalue weighted by atomic mass is 10.4. The number of carboxylic acid groups (broad SMARTS) is 1. The molecule has 2 heteroatoms. The second-order valence-electron chi connectivity index (χ2n) is 1.81. The van der Waals surface area contributed by atoms with Crippen LogP contribution in [0.1, 0.15) is 33.6 Å². The number of rotatable bonds is 2. The fraction of sp³-hybridized carbons (Fsp3) is 0.625. The summed E-state index contributed by atoms with van der Waals surface area (Å²) in [4.78, 5) is 9.00. The summed E-state index contributed by atoms with van der Waals surface area (Å²) in [7, 11) is 0. The monoisotopic (exact) mass is 144 g/mol. The summed E-state index contributed by atoms with van der Waals surface area (Å²) in [5.74, 6) is -0.833. The number of allylic oxidation sites excluding steroid dienone is 2. The molecule has 0 saturated carbocycles. The number of hydrogen-bond acceptors (Lipinski definition) is 1. The summed E-state index contributed by atoms with van der Waals surface area (Å²) in [6.45, 7) is 5.37. The predicted octanol–water partition coefficient (Wildman–Crippen LogP) is 2.45. The van der Waals surface area contributed by atoms with Gasteiger partial charge >= 0.3 is 0 Å². The lowest BCUT2D eigenvalue weighted by molar-refractivity contribution is -0.134. The van der Waals surface area contributed by atoms with Gasteiger partial charge in [-0.2, -0.15) is 0 Å². The number of carbonyl (C=O) groups is 1. The van der Waals surface area contributed by atoms with Crippen molar-refractivity contribution in [3.8, 4) is 0 Å². The van der Waals surface area contributed by atoms with Gasteiger partial charge in [0, 0.05) is 6.92 Å². The van der Waals surface area contributed by atoms with Crippen LogP contribution in [0, 0.1) is 0 Å². The predicted molar refractivity (Wildman–Crippen MR) is 43.0 cm³/mol. The van der Waals surface area contributed by atoms with E-state index in [1.165, 1.54) is 12.8 Å². The van der Waals surface area contributed by atoms with Crippen molar-refractivity contribution in [3.63, 3.8) is 0 Å². The fourth-order valence-electron chi connectivity index (χ4n) is 0.333. The molecule has 10 heavy (non-hydrogen) atoms. The van der Waals surface area contributed by atoms with Gasteiger partial charge in [0.1, 0.15) is 0 Å². The highest BCUT2D eigenvalue weighted by atomic mass is 16.4. The maximum atomic E-state index is 9.00. The highest BCUT2D eigenvalue weighted by Crippen LogP contribution is 1.81. The van der Waals surface area contributed by atoms with Crippen molar-refractivity contribution >= 4 is 5.97 Å². The molecule has 0 spiro atoms. The molecule has 0 atom stereocenters. The van der Waals surface area contributed by atoms with Crippen LogP contribution >= 0.6 is 0 Å². The molecular weight excluding hydrogens is 128 g/mol. The van der Waals surface area contributed by atoms with Gasteiger partial charge in [-0.05, 0) is 12.8 Å². The van der Waals surface area contributed by atoms with Gasteiger partial charge in [0.05, 0.1) is 0 Å². The van der Waals surface area contributed by atoms with Crippen molar-refractivity contribution in [2.75, 3.05) is 0 Å². The molecule has 0 rings (SSSR count). The molecule has 60 valence electrons.